The monoisotopic (exact) mass is 382 g/mol. The highest BCUT2D eigenvalue weighted by Gasteiger charge is 2.35. The van der Waals surface area contributed by atoms with Gasteiger partial charge in [-0.1, -0.05) is 48.5 Å². The first-order valence-electron chi connectivity index (χ1n) is 9.75. The van der Waals surface area contributed by atoms with Crippen molar-refractivity contribution in [2.24, 2.45) is 0 Å². The molecule has 28 heavy (non-hydrogen) atoms. The maximum atomic E-state index is 13.7. The summed E-state index contributed by atoms with van der Waals surface area (Å²) in [6.45, 7) is 5.98. The quantitative estimate of drug-likeness (QED) is 0.795. The third-order valence-corrected chi connectivity index (χ3v) is 5.52. The van der Waals surface area contributed by atoms with Crippen LogP contribution in [-0.2, 0) is 21.4 Å². The van der Waals surface area contributed by atoms with Crippen LogP contribution >= 0.6 is 0 Å². The van der Waals surface area contributed by atoms with Crippen molar-refractivity contribution in [3.8, 4) is 0 Å². The number of benzene rings is 2. The van der Waals surface area contributed by atoms with Crippen molar-refractivity contribution >= 4 is 11.8 Å². The molecular weight excluding hydrogens is 355 g/mol. The molecule has 2 aromatic carbocycles. The smallest absolute Gasteiger partial charge is 0.232 e. The summed E-state index contributed by atoms with van der Waals surface area (Å²) in [5.74, 6) is -0.177. The molecule has 1 fully saturated rings. The van der Waals surface area contributed by atoms with E-state index in [1.165, 1.54) is 6.07 Å². The number of amides is 2. The summed E-state index contributed by atoms with van der Waals surface area (Å²) in [5.41, 5.74) is 0.954. The third-order valence-electron chi connectivity index (χ3n) is 5.52. The molecule has 0 aromatic heterocycles. The van der Waals surface area contributed by atoms with Gasteiger partial charge in [0, 0.05) is 32.6 Å². The lowest BCUT2D eigenvalue weighted by molar-refractivity contribution is -0.142. The Kier molecular flexibility index (Phi) is 6.12. The van der Waals surface area contributed by atoms with Gasteiger partial charge in [0.1, 0.15) is 5.82 Å². The maximum Gasteiger partial charge on any atom is 0.232 e. The molecule has 148 valence electrons. The molecule has 0 saturated carbocycles. The van der Waals surface area contributed by atoms with Gasteiger partial charge in [-0.15, -0.1) is 0 Å². The van der Waals surface area contributed by atoms with Gasteiger partial charge in [0.2, 0.25) is 11.8 Å². The van der Waals surface area contributed by atoms with Crippen LogP contribution in [0.1, 0.15) is 31.4 Å². The zero-order chi connectivity index (χ0) is 20.1. The molecular formula is C23H27FN2O2. The summed E-state index contributed by atoms with van der Waals surface area (Å²) in [4.78, 5) is 29.1. The normalized spacial score (nSPS) is 14.8. The van der Waals surface area contributed by atoms with Crippen molar-refractivity contribution < 1.29 is 14.0 Å². The highest BCUT2D eigenvalue weighted by molar-refractivity contribution is 5.87. The Hall–Kier alpha value is -2.69. The third kappa shape index (κ3) is 4.41. The number of hydrogen-bond donors (Lipinski definition) is 0. The van der Waals surface area contributed by atoms with Crippen molar-refractivity contribution in [1.29, 1.82) is 0 Å². The summed E-state index contributed by atoms with van der Waals surface area (Å²) >= 11 is 0. The van der Waals surface area contributed by atoms with E-state index in [2.05, 4.69) is 0 Å². The van der Waals surface area contributed by atoms with Crippen LogP contribution in [0.4, 0.5) is 4.39 Å². The van der Waals surface area contributed by atoms with Crippen molar-refractivity contribution in [3.63, 3.8) is 0 Å². The SMILES string of the molecule is CC(C)(C(=O)N1CCN(C(=O)CCc2ccccc2F)CC1)c1ccccc1. The number of rotatable bonds is 5. The van der Waals surface area contributed by atoms with E-state index in [4.69, 9.17) is 0 Å². The zero-order valence-corrected chi connectivity index (χ0v) is 16.5. The Morgan fingerprint density at radius 1 is 0.893 bits per heavy atom. The minimum absolute atomic E-state index is 0.0117. The Morgan fingerprint density at radius 3 is 2.11 bits per heavy atom. The average molecular weight is 382 g/mol. The number of aryl methyl sites for hydroxylation is 1. The lowest BCUT2D eigenvalue weighted by Gasteiger charge is -2.39. The molecule has 0 radical (unpaired) electrons. The first kappa shape index (κ1) is 20.1. The fourth-order valence-electron chi connectivity index (χ4n) is 3.63. The van der Waals surface area contributed by atoms with E-state index in [0.29, 0.717) is 38.2 Å². The van der Waals surface area contributed by atoms with Gasteiger partial charge in [0.05, 0.1) is 5.41 Å². The van der Waals surface area contributed by atoms with Crippen LogP contribution in [0.2, 0.25) is 0 Å². The summed E-state index contributed by atoms with van der Waals surface area (Å²) in [5, 5.41) is 0. The van der Waals surface area contributed by atoms with Gasteiger partial charge in [-0.3, -0.25) is 9.59 Å². The van der Waals surface area contributed by atoms with Gasteiger partial charge in [0.15, 0.2) is 0 Å². The summed E-state index contributed by atoms with van der Waals surface area (Å²) in [7, 11) is 0. The second-order valence-electron chi connectivity index (χ2n) is 7.76. The van der Waals surface area contributed by atoms with Gasteiger partial charge < -0.3 is 9.80 Å². The molecule has 0 aliphatic carbocycles. The Bertz CT molecular complexity index is 828. The standard InChI is InChI=1S/C23H27FN2O2/c1-23(2,19-9-4-3-5-10-19)22(28)26-16-14-25(15-17-26)21(27)13-12-18-8-6-7-11-20(18)24/h3-11H,12-17H2,1-2H3. The Morgan fingerprint density at radius 2 is 1.46 bits per heavy atom. The molecule has 4 nitrogen and oxygen atoms in total. The molecule has 1 saturated heterocycles. The van der Waals surface area contributed by atoms with E-state index in [1.54, 1.807) is 23.1 Å². The zero-order valence-electron chi connectivity index (χ0n) is 16.5. The van der Waals surface area contributed by atoms with Crippen molar-refractivity contribution in [1.82, 2.24) is 9.80 Å². The van der Waals surface area contributed by atoms with Gasteiger partial charge in [-0.25, -0.2) is 4.39 Å². The molecule has 0 unspecified atom stereocenters. The number of carbonyl (C=O) groups excluding carboxylic acids is 2. The molecule has 5 heteroatoms. The topological polar surface area (TPSA) is 40.6 Å². The van der Waals surface area contributed by atoms with E-state index in [0.717, 1.165) is 5.56 Å². The average Bonchev–Trinajstić information content (AvgIpc) is 2.73. The van der Waals surface area contributed by atoms with Gasteiger partial charge in [0.25, 0.3) is 0 Å². The minimum atomic E-state index is -0.599. The lowest BCUT2D eigenvalue weighted by Crippen LogP contribution is -2.54. The molecule has 1 aliphatic rings. The lowest BCUT2D eigenvalue weighted by atomic mass is 9.83. The summed E-state index contributed by atoms with van der Waals surface area (Å²) < 4.78 is 13.7. The van der Waals surface area contributed by atoms with Gasteiger partial charge in [-0.05, 0) is 37.5 Å². The van der Waals surface area contributed by atoms with Crippen LogP contribution in [0.15, 0.2) is 54.6 Å². The molecule has 3 rings (SSSR count). The molecule has 2 amide bonds. The first-order chi connectivity index (χ1) is 13.4. The predicted octanol–water partition coefficient (Wildman–Crippen LogP) is 3.41. The van der Waals surface area contributed by atoms with Gasteiger partial charge in [-0.2, -0.15) is 0 Å². The van der Waals surface area contributed by atoms with Gasteiger partial charge >= 0.3 is 0 Å². The minimum Gasteiger partial charge on any atom is -0.339 e. The van der Waals surface area contributed by atoms with E-state index < -0.39 is 5.41 Å². The number of piperazine rings is 1. The fraction of sp³-hybridized carbons (Fsp3) is 0.391. The highest BCUT2D eigenvalue weighted by atomic mass is 19.1. The molecule has 0 bridgehead atoms. The highest BCUT2D eigenvalue weighted by Crippen LogP contribution is 2.26. The second-order valence-corrected chi connectivity index (χ2v) is 7.76. The molecule has 0 N–H and O–H groups in total. The predicted molar refractivity (Wildman–Crippen MR) is 107 cm³/mol. The second kappa shape index (κ2) is 8.55. The maximum absolute atomic E-state index is 13.7. The van der Waals surface area contributed by atoms with Crippen molar-refractivity contribution in [3.05, 3.63) is 71.5 Å². The number of carbonyl (C=O) groups is 2. The fourth-order valence-corrected chi connectivity index (χ4v) is 3.63. The molecule has 1 aliphatic heterocycles. The largest absolute Gasteiger partial charge is 0.339 e. The molecule has 2 aromatic rings. The first-order valence-corrected chi connectivity index (χ1v) is 9.75. The van der Waals surface area contributed by atoms with Crippen molar-refractivity contribution in [2.75, 3.05) is 26.2 Å². The molecule has 0 spiro atoms. The van der Waals surface area contributed by atoms with E-state index in [-0.39, 0.29) is 24.1 Å². The summed E-state index contributed by atoms with van der Waals surface area (Å²) in [6.07, 6.45) is 0.677. The van der Waals surface area contributed by atoms with Crippen LogP contribution in [-0.4, -0.2) is 47.8 Å². The van der Waals surface area contributed by atoms with Crippen LogP contribution in [0.25, 0.3) is 0 Å². The van der Waals surface area contributed by atoms with Crippen molar-refractivity contribution in [2.45, 2.75) is 32.1 Å². The Labute approximate surface area is 166 Å². The number of nitrogens with zero attached hydrogens (tertiary/aromatic N) is 2. The van der Waals surface area contributed by atoms with E-state index >= 15 is 0 Å². The van der Waals surface area contributed by atoms with E-state index in [1.807, 2.05) is 49.1 Å². The summed E-state index contributed by atoms with van der Waals surface area (Å²) in [6, 6.07) is 16.3. The van der Waals surface area contributed by atoms with Crippen LogP contribution in [0.5, 0.6) is 0 Å². The number of halogens is 1. The molecule has 1 heterocycles. The number of hydrogen-bond acceptors (Lipinski definition) is 2. The van der Waals surface area contributed by atoms with Crippen LogP contribution in [0.3, 0.4) is 0 Å². The van der Waals surface area contributed by atoms with Crippen LogP contribution < -0.4 is 0 Å². The van der Waals surface area contributed by atoms with Crippen LogP contribution in [0, 0.1) is 5.82 Å². The Balaban J connectivity index is 1.53. The molecule has 0 atom stereocenters. The van der Waals surface area contributed by atoms with E-state index in [9.17, 15) is 14.0 Å².